The SMILES string of the molecule is O=C(O)CN1Cc2ccccc2N(Cc2ccc(Cl)c(Cl)c2)C1=O. The molecule has 1 aliphatic heterocycles. The van der Waals surface area contributed by atoms with Gasteiger partial charge in [-0.25, -0.2) is 4.79 Å². The molecular formula is C17H14Cl2N2O3. The van der Waals surface area contributed by atoms with Gasteiger partial charge < -0.3 is 10.0 Å². The number of carbonyl (C=O) groups excluding carboxylic acids is 1. The van der Waals surface area contributed by atoms with E-state index in [1.54, 1.807) is 23.1 Å². The van der Waals surface area contributed by atoms with Crippen LogP contribution >= 0.6 is 23.2 Å². The fourth-order valence-electron chi connectivity index (χ4n) is 2.72. The second-order valence-corrected chi connectivity index (χ2v) is 6.31. The number of fused-ring (bicyclic) bond motifs is 1. The van der Waals surface area contributed by atoms with Crippen molar-refractivity contribution >= 4 is 40.9 Å². The van der Waals surface area contributed by atoms with E-state index in [2.05, 4.69) is 0 Å². The van der Waals surface area contributed by atoms with E-state index in [4.69, 9.17) is 28.3 Å². The van der Waals surface area contributed by atoms with Gasteiger partial charge >= 0.3 is 12.0 Å². The molecule has 2 aromatic rings. The lowest BCUT2D eigenvalue weighted by atomic mass is 10.1. The largest absolute Gasteiger partial charge is 0.480 e. The van der Waals surface area contributed by atoms with Crippen molar-refractivity contribution in [3.63, 3.8) is 0 Å². The lowest BCUT2D eigenvalue weighted by Crippen LogP contribution is -2.48. The Labute approximate surface area is 149 Å². The second kappa shape index (κ2) is 6.71. The smallest absolute Gasteiger partial charge is 0.325 e. The Hall–Kier alpha value is -2.24. The summed E-state index contributed by atoms with van der Waals surface area (Å²) in [6.07, 6.45) is 0. The van der Waals surface area contributed by atoms with E-state index in [1.165, 1.54) is 4.90 Å². The van der Waals surface area contributed by atoms with Crippen LogP contribution < -0.4 is 4.90 Å². The number of hydrogen-bond donors (Lipinski definition) is 1. The van der Waals surface area contributed by atoms with Crippen LogP contribution in [0.25, 0.3) is 0 Å². The van der Waals surface area contributed by atoms with Crippen LogP contribution in [0.2, 0.25) is 10.0 Å². The quantitative estimate of drug-likeness (QED) is 0.890. The summed E-state index contributed by atoms with van der Waals surface area (Å²) in [6, 6.07) is 12.3. The number of carboxylic acid groups (broad SMARTS) is 1. The number of rotatable bonds is 4. The fourth-order valence-corrected chi connectivity index (χ4v) is 3.04. The predicted molar refractivity (Wildman–Crippen MR) is 92.5 cm³/mol. The molecule has 0 unspecified atom stereocenters. The van der Waals surface area contributed by atoms with Gasteiger partial charge in [0.15, 0.2) is 0 Å². The number of amides is 2. The summed E-state index contributed by atoms with van der Waals surface area (Å²) in [5, 5.41) is 9.88. The van der Waals surface area contributed by atoms with Gasteiger partial charge in [-0.1, -0.05) is 47.5 Å². The molecule has 0 saturated heterocycles. The summed E-state index contributed by atoms with van der Waals surface area (Å²) < 4.78 is 0. The minimum atomic E-state index is -1.04. The van der Waals surface area contributed by atoms with Crippen LogP contribution in [0.5, 0.6) is 0 Å². The Kier molecular flexibility index (Phi) is 4.64. The maximum atomic E-state index is 12.7. The lowest BCUT2D eigenvalue weighted by molar-refractivity contribution is -0.137. The Balaban J connectivity index is 1.95. The summed E-state index contributed by atoms with van der Waals surface area (Å²) in [5.74, 6) is -1.04. The van der Waals surface area contributed by atoms with Gasteiger partial charge in [0, 0.05) is 0 Å². The number of para-hydroxylation sites is 1. The lowest BCUT2D eigenvalue weighted by Gasteiger charge is -2.36. The topological polar surface area (TPSA) is 60.9 Å². The Morgan fingerprint density at radius 3 is 2.58 bits per heavy atom. The van der Waals surface area contributed by atoms with Gasteiger partial charge in [-0.15, -0.1) is 0 Å². The van der Waals surface area contributed by atoms with E-state index in [-0.39, 0.29) is 25.7 Å². The van der Waals surface area contributed by atoms with E-state index in [1.807, 2.05) is 24.3 Å². The van der Waals surface area contributed by atoms with Gasteiger partial charge in [-0.05, 0) is 29.3 Å². The Morgan fingerprint density at radius 1 is 1.12 bits per heavy atom. The third-order valence-corrected chi connectivity index (χ3v) is 4.53. The van der Waals surface area contributed by atoms with Crippen LogP contribution in [0.4, 0.5) is 10.5 Å². The van der Waals surface area contributed by atoms with Gasteiger partial charge in [0.1, 0.15) is 6.54 Å². The number of hydrogen-bond acceptors (Lipinski definition) is 2. The molecule has 0 bridgehead atoms. The third kappa shape index (κ3) is 3.32. The molecule has 0 fully saturated rings. The molecule has 2 amide bonds. The molecule has 5 nitrogen and oxygen atoms in total. The summed E-state index contributed by atoms with van der Waals surface area (Å²) in [4.78, 5) is 26.6. The van der Waals surface area contributed by atoms with Crippen LogP contribution in [-0.2, 0) is 17.9 Å². The molecule has 1 aliphatic rings. The zero-order valence-electron chi connectivity index (χ0n) is 12.6. The molecule has 0 atom stereocenters. The second-order valence-electron chi connectivity index (χ2n) is 5.50. The highest BCUT2D eigenvalue weighted by atomic mass is 35.5. The average molecular weight is 365 g/mol. The zero-order valence-corrected chi connectivity index (χ0v) is 14.1. The molecule has 124 valence electrons. The van der Waals surface area contributed by atoms with Crippen molar-refractivity contribution in [1.29, 1.82) is 0 Å². The van der Waals surface area contributed by atoms with Crippen LogP contribution in [-0.4, -0.2) is 28.6 Å². The number of carboxylic acids is 1. The summed E-state index contributed by atoms with van der Waals surface area (Å²) in [7, 11) is 0. The van der Waals surface area contributed by atoms with E-state index >= 15 is 0 Å². The number of urea groups is 1. The fraction of sp³-hybridized carbons (Fsp3) is 0.176. The van der Waals surface area contributed by atoms with Crippen LogP contribution in [0, 0.1) is 0 Å². The zero-order chi connectivity index (χ0) is 17.3. The number of carbonyl (C=O) groups is 2. The van der Waals surface area contributed by atoms with E-state index in [0.717, 1.165) is 16.8 Å². The van der Waals surface area contributed by atoms with Gasteiger partial charge in [0.25, 0.3) is 0 Å². The van der Waals surface area contributed by atoms with E-state index in [9.17, 15) is 9.59 Å². The average Bonchev–Trinajstić information content (AvgIpc) is 2.54. The van der Waals surface area contributed by atoms with Crippen molar-refractivity contribution in [2.45, 2.75) is 13.1 Å². The third-order valence-electron chi connectivity index (χ3n) is 3.80. The summed E-state index contributed by atoms with van der Waals surface area (Å²) >= 11 is 12.0. The number of benzene rings is 2. The number of halogens is 2. The van der Waals surface area contributed by atoms with Crippen LogP contribution in [0.1, 0.15) is 11.1 Å². The molecule has 7 heteroatoms. The molecule has 24 heavy (non-hydrogen) atoms. The number of anilines is 1. The van der Waals surface area contributed by atoms with Gasteiger partial charge in [-0.2, -0.15) is 0 Å². The monoisotopic (exact) mass is 364 g/mol. The minimum Gasteiger partial charge on any atom is -0.480 e. The van der Waals surface area contributed by atoms with Crippen molar-refractivity contribution < 1.29 is 14.7 Å². The summed E-state index contributed by atoms with van der Waals surface area (Å²) in [6.45, 7) is 0.215. The van der Waals surface area contributed by atoms with Gasteiger partial charge in [0.05, 0.1) is 28.8 Å². The van der Waals surface area contributed by atoms with Crippen molar-refractivity contribution in [2.24, 2.45) is 0 Å². The highest BCUT2D eigenvalue weighted by Gasteiger charge is 2.31. The molecule has 0 aromatic heterocycles. The highest BCUT2D eigenvalue weighted by Crippen LogP contribution is 2.31. The molecule has 2 aromatic carbocycles. The number of nitrogens with zero attached hydrogens (tertiary/aromatic N) is 2. The maximum Gasteiger partial charge on any atom is 0.325 e. The first kappa shape index (κ1) is 16.6. The molecule has 1 heterocycles. The van der Waals surface area contributed by atoms with Crippen molar-refractivity contribution in [3.8, 4) is 0 Å². The molecule has 0 radical (unpaired) electrons. The van der Waals surface area contributed by atoms with Gasteiger partial charge in [0.2, 0.25) is 0 Å². The predicted octanol–water partition coefficient (Wildman–Crippen LogP) is 4.02. The first-order valence-corrected chi connectivity index (χ1v) is 8.01. The summed E-state index contributed by atoms with van der Waals surface area (Å²) in [5.41, 5.74) is 2.48. The van der Waals surface area contributed by atoms with Crippen molar-refractivity contribution in [1.82, 2.24) is 4.90 Å². The standard InChI is InChI=1S/C17H14Cl2N2O3/c18-13-6-5-11(7-14(13)19)8-21-15-4-2-1-3-12(15)9-20(17(21)24)10-16(22)23/h1-7H,8-10H2,(H,22,23). The van der Waals surface area contributed by atoms with Crippen LogP contribution in [0.15, 0.2) is 42.5 Å². The number of aliphatic carboxylic acids is 1. The minimum absolute atomic E-state index is 0.277. The molecule has 0 aliphatic carbocycles. The molecule has 3 rings (SSSR count). The Morgan fingerprint density at radius 2 is 1.88 bits per heavy atom. The first-order valence-electron chi connectivity index (χ1n) is 7.26. The maximum absolute atomic E-state index is 12.7. The van der Waals surface area contributed by atoms with Crippen LogP contribution in [0.3, 0.4) is 0 Å². The van der Waals surface area contributed by atoms with E-state index < -0.39 is 5.97 Å². The molecule has 1 N–H and O–H groups in total. The molecule has 0 saturated carbocycles. The normalized spacial score (nSPS) is 13.8. The molecule has 0 spiro atoms. The first-order chi connectivity index (χ1) is 11.5. The van der Waals surface area contributed by atoms with Gasteiger partial charge in [-0.3, -0.25) is 9.69 Å². The molecular weight excluding hydrogens is 351 g/mol. The highest BCUT2D eigenvalue weighted by molar-refractivity contribution is 6.42. The van der Waals surface area contributed by atoms with Crippen molar-refractivity contribution in [2.75, 3.05) is 11.4 Å². The van der Waals surface area contributed by atoms with Crippen molar-refractivity contribution in [3.05, 3.63) is 63.6 Å². The Bertz CT molecular complexity index is 810. The van der Waals surface area contributed by atoms with E-state index in [0.29, 0.717) is 10.0 Å².